The second kappa shape index (κ2) is 11.7. The highest BCUT2D eigenvalue weighted by molar-refractivity contribution is 7.99. The van der Waals surface area contributed by atoms with Crippen molar-refractivity contribution in [3.8, 4) is 0 Å². The van der Waals surface area contributed by atoms with Crippen LogP contribution in [0.5, 0.6) is 0 Å². The highest BCUT2D eigenvalue weighted by atomic mass is 32.2. The normalized spacial score (nSPS) is 18.3. The van der Waals surface area contributed by atoms with Crippen molar-refractivity contribution in [3.63, 3.8) is 0 Å². The second-order valence-corrected chi connectivity index (χ2v) is 11.5. The van der Waals surface area contributed by atoms with Gasteiger partial charge in [0.2, 0.25) is 11.8 Å². The maximum atomic E-state index is 13.5. The number of ether oxygens (including phenoxy) is 1. The standard InChI is InChI=1S/C26H32N4O4S2/c31-21(27-15-18-9-6-14-34-18)12-5-13-30-25(33)24-23(19-10-3-4-11-20(19)36-24)29-26(30)35-16-22(32)28-17-7-1-2-8-17/h3-4,10-11,17-18H,1-2,5-9,12-16H2,(H,27,31)(H,28,32). The summed E-state index contributed by atoms with van der Waals surface area (Å²) < 4.78 is 8.82. The number of fused-ring (bicyclic) bond motifs is 3. The minimum absolute atomic E-state index is 0.0310. The molecule has 0 spiro atoms. The smallest absolute Gasteiger partial charge is 0.272 e. The first-order chi connectivity index (χ1) is 17.6. The molecule has 2 aromatic heterocycles. The van der Waals surface area contributed by atoms with Gasteiger partial charge in [0.1, 0.15) is 4.70 Å². The van der Waals surface area contributed by atoms with Crippen molar-refractivity contribution in [3.05, 3.63) is 34.6 Å². The maximum absolute atomic E-state index is 13.5. The zero-order valence-corrected chi connectivity index (χ0v) is 21.9. The van der Waals surface area contributed by atoms with Crippen LogP contribution in [-0.2, 0) is 20.9 Å². The lowest BCUT2D eigenvalue weighted by Gasteiger charge is -2.14. The molecule has 1 saturated carbocycles. The van der Waals surface area contributed by atoms with E-state index in [0.29, 0.717) is 41.3 Å². The number of thioether (sulfide) groups is 1. The first kappa shape index (κ1) is 25.2. The minimum Gasteiger partial charge on any atom is -0.376 e. The fourth-order valence-corrected chi connectivity index (χ4v) is 6.87. The van der Waals surface area contributed by atoms with Crippen LogP contribution in [0, 0.1) is 0 Å². The van der Waals surface area contributed by atoms with E-state index in [1.807, 2.05) is 24.3 Å². The molecule has 1 aliphatic heterocycles. The summed E-state index contributed by atoms with van der Waals surface area (Å²) in [4.78, 5) is 43.3. The molecule has 1 saturated heterocycles. The number of amides is 2. The van der Waals surface area contributed by atoms with E-state index in [1.165, 1.54) is 23.1 Å². The van der Waals surface area contributed by atoms with Crippen LogP contribution in [0.3, 0.4) is 0 Å². The summed E-state index contributed by atoms with van der Waals surface area (Å²) in [5, 5.41) is 7.52. The number of carbonyl (C=O) groups excluding carboxylic acids is 2. The quantitative estimate of drug-likeness (QED) is 0.306. The Labute approximate surface area is 218 Å². The highest BCUT2D eigenvalue weighted by Crippen LogP contribution is 2.32. The van der Waals surface area contributed by atoms with Crippen LogP contribution >= 0.6 is 23.1 Å². The molecule has 1 unspecified atom stereocenters. The number of nitrogens with one attached hydrogen (secondary N) is 2. The zero-order chi connectivity index (χ0) is 24.9. The number of carbonyl (C=O) groups is 2. The predicted octanol–water partition coefficient (Wildman–Crippen LogP) is 3.84. The molecule has 10 heteroatoms. The largest absolute Gasteiger partial charge is 0.376 e. The Balaban J connectivity index is 1.30. The van der Waals surface area contributed by atoms with E-state index in [1.54, 1.807) is 4.57 Å². The van der Waals surface area contributed by atoms with E-state index in [9.17, 15) is 14.4 Å². The first-order valence-corrected chi connectivity index (χ1v) is 14.6. The van der Waals surface area contributed by atoms with E-state index in [0.717, 1.165) is 55.2 Å². The van der Waals surface area contributed by atoms with Crippen molar-refractivity contribution >= 4 is 55.2 Å². The lowest BCUT2D eigenvalue weighted by atomic mass is 10.2. The van der Waals surface area contributed by atoms with Crippen LogP contribution in [0.25, 0.3) is 20.3 Å². The van der Waals surface area contributed by atoms with Crippen LogP contribution in [0.2, 0.25) is 0 Å². The monoisotopic (exact) mass is 528 g/mol. The molecule has 3 heterocycles. The van der Waals surface area contributed by atoms with Crippen LogP contribution in [0.15, 0.2) is 34.2 Å². The molecule has 2 fully saturated rings. The molecular weight excluding hydrogens is 496 g/mol. The number of aromatic nitrogens is 2. The van der Waals surface area contributed by atoms with Gasteiger partial charge in [0.05, 0.1) is 17.4 Å². The Morgan fingerprint density at radius 3 is 2.78 bits per heavy atom. The summed E-state index contributed by atoms with van der Waals surface area (Å²) in [6, 6.07) is 8.12. The molecule has 192 valence electrons. The van der Waals surface area contributed by atoms with Gasteiger partial charge in [0, 0.05) is 42.2 Å². The van der Waals surface area contributed by atoms with Crippen LogP contribution in [-0.4, -0.2) is 52.4 Å². The van der Waals surface area contributed by atoms with Gasteiger partial charge in [-0.2, -0.15) is 0 Å². The average molecular weight is 529 g/mol. The molecule has 0 radical (unpaired) electrons. The van der Waals surface area contributed by atoms with E-state index < -0.39 is 0 Å². The molecule has 1 atom stereocenters. The van der Waals surface area contributed by atoms with Gasteiger partial charge in [-0.1, -0.05) is 42.8 Å². The fraction of sp³-hybridized carbons (Fsp3) is 0.538. The number of thiophene rings is 1. The van der Waals surface area contributed by atoms with Gasteiger partial charge in [0.25, 0.3) is 5.56 Å². The molecule has 5 rings (SSSR count). The molecule has 2 N–H and O–H groups in total. The second-order valence-electron chi connectivity index (χ2n) is 9.51. The van der Waals surface area contributed by atoms with Crippen LogP contribution in [0.4, 0.5) is 0 Å². The molecule has 3 aromatic rings. The molecule has 1 aliphatic carbocycles. The molecular formula is C26H32N4O4S2. The average Bonchev–Trinajstić information content (AvgIpc) is 3.65. The molecule has 2 aliphatic rings. The zero-order valence-electron chi connectivity index (χ0n) is 20.3. The van der Waals surface area contributed by atoms with Gasteiger partial charge in [-0.25, -0.2) is 4.98 Å². The number of benzene rings is 1. The Kier molecular flexibility index (Phi) is 8.23. The van der Waals surface area contributed by atoms with Gasteiger partial charge < -0.3 is 15.4 Å². The third-order valence-corrected chi connectivity index (χ3v) is 8.96. The van der Waals surface area contributed by atoms with Crippen molar-refractivity contribution in [2.45, 2.75) is 75.2 Å². The SMILES string of the molecule is O=C(CCCn1c(SCC(=O)NC2CCCC2)nc2c(sc3ccccc32)c1=O)NCC1CCCO1. The number of rotatable bonds is 10. The summed E-state index contributed by atoms with van der Waals surface area (Å²) in [5.74, 6) is 0.134. The van der Waals surface area contributed by atoms with Crippen LogP contribution < -0.4 is 16.2 Å². The van der Waals surface area contributed by atoms with Gasteiger partial charge in [-0.05, 0) is 38.2 Å². The predicted molar refractivity (Wildman–Crippen MR) is 144 cm³/mol. The topological polar surface area (TPSA) is 102 Å². The van der Waals surface area contributed by atoms with E-state index in [-0.39, 0.29) is 35.3 Å². The lowest BCUT2D eigenvalue weighted by Crippen LogP contribution is -2.34. The van der Waals surface area contributed by atoms with E-state index in [2.05, 4.69) is 10.6 Å². The summed E-state index contributed by atoms with van der Waals surface area (Å²) in [7, 11) is 0. The van der Waals surface area contributed by atoms with Gasteiger partial charge >= 0.3 is 0 Å². The summed E-state index contributed by atoms with van der Waals surface area (Å²) in [6.07, 6.45) is 7.32. The summed E-state index contributed by atoms with van der Waals surface area (Å²) in [6.45, 7) is 1.66. The maximum Gasteiger partial charge on any atom is 0.272 e. The van der Waals surface area contributed by atoms with Crippen LogP contribution in [0.1, 0.15) is 51.4 Å². The van der Waals surface area contributed by atoms with Crippen molar-refractivity contribution < 1.29 is 14.3 Å². The number of hydrogen-bond donors (Lipinski definition) is 2. The fourth-order valence-electron chi connectivity index (χ4n) is 4.95. The highest BCUT2D eigenvalue weighted by Gasteiger charge is 2.20. The summed E-state index contributed by atoms with van der Waals surface area (Å²) >= 11 is 2.73. The molecule has 1 aromatic carbocycles. The van der Waals surface area contributed by atoms with Crippen molar-refractivity contribution in [1.82, 2.24) is 20.2 Å². The third-order valence-electron chi connectivity index (χ3n) is 6.84. The van der Waals surface area contributed by atoms with Crippen molar-refractivity contribution in [2.24, 2.45) is 0 Å². The Morgan fingerprint density at radius 1 is 1.14 bits per heavy atom. The number of hydrogen-bond acceptors (Lipinski definition) is 7. The van der Waals surface area contributed by atoms with E-state index >= 15 is 0 Å². The lowest BCUT2D eigenvalue weighted by molar-refractivity contribution is -0.122. The third kappa shape index (κ3) is 5.92. The summed E-state index contributed by atoms with van der Waals surface area (Å²) in [5.41, 5.74) is 0.574. The van der Waals surface area contributed by atoms with Gasteiger partial charge in [0.15, 0.2) is 5.16 Å². The van der Waals surface area contributed by atoms with E-state index in [4.69, 9.17) is 9.72 Å². The Hall–Kier alpha value is -2.43. The minimum atomic E-state index is -0.111. The van der Waals surface area contributed by atoms with Crippen molar-refractivity contribution in [1.29, 1.82) is 0 Å². The van der Waals surface area contributed by atoms with Gasteiger partial charge in [-0.15, -0.1) is 11.3 Å². The molecule has 2 amide bonds. The molecule has 36 heavy (non-hydrogen) atoms. The first-order valence-electron chi connectivity index (χ1n) is 12.8. The van der Waals surface area contributed by atoms with Crippen molar-refractivity contribution in [2.75, 3.05) is 18.9 Å². The Bertz CT molecular complexity index is 1290. The molecule has 0 bridgehead atoms. The number of nitrogens with zero attached hydrogens (tertiary/aromatic N) is 2. The Morgan fingerprint density at radius 2 is 1.97 bits per heavy atom. The molecule has 8 nitrogen and oxygen atoms in total. The van der Waals surface area contributed by atoms with Gasteiger partial charge in [-0.3, -0.25) is 19.0 Å².